The zero-order valence-corrected chi connectivity index (χ0v) is 19.8. The number of hydrogen-bond donors (Lipinski definition) is 1. The first-order chi connectivity index (χ1) is 17.0. The average Bonchev–Trinajstić information content (AvgIpc) is 2.90. The molecule has 0 spiro atoms. The molecule has 0 aliphatic carbocycles. The van der Waals surface area contributed by atoms with Crippen LogP contribution in [0.3, 0.4) is 0 Å². The number of ether oxygens (including phenoxy) is 2. The van der Waals surface area contributed by atoms with Crippen molar-refractivity contribution in [3.63, 3.8) is 0 Å². The summed E-state index contributed by atoms with van der Waals surface area (Å²) in [7, 11) is 3.19. The number of hydrogen-bond acceptors (Lipinski definition) is 5. The number of phenolic OH excluding ortho intramolecular Hbond substituents is 1. The Labute approximate surface area is 204 Å². The van der Waals surface area contributed by atoms with Gasteiger partial charge in [0, 0.05) is 5.56 Å². The van der Waals surface area contributed by atoms with Gasteiger partial charge in [0.05, 0.1) is 31.2 Å². The third-order valence-corrected chi connectivity index (χ3v) is 5.50. The van der Waals surface area contributed by atoms with Crippen molar-refractivity contribution in [2.24, 2.45) is 4.99 Å². The SMILES string of the molecule is COc1ccc(N=C(c2ccc(C)cc2)N(C(=O)c2ccccc2O)c2ccc(OC)cc2)cc1. The molecule has 0 saturated carbocycles. The van der Waals surface area contributed by atoms with E-state index in [9.17, 15) is 9.90 Å². The van der Waals surface area contributed by atoms with Crippen LogP contribution in [0.2, 0.25) is 0 Å². The third kappa shape index (κ3) is 5.33. The van der Waals surface area contributed by atoms with Gasteiger partial charge in [-0.2, -0.15) is 0 Å². The molecule has 0 saturated heterocycles. The van der Waals surface area contributed by atoms with Gasteiger partial charge in [0.2, 0.25) is 0 Å². The Kier molecular flexibility index (Phi) is 7.12. The minimum Gasteiger partial charge on any atom is -0.507 e. The molecule has 4 aromatic carbocycles. The normalized spacial score (nSPS) is 11.1. The Hall–Kier alpha value is -4.58. The van der Waals surface area contributed by atoms with Gasteiger partial charge in [-0.1, -0.05) is 42.0 Å². The molecule has 0 fully saturated rings. The first kappa shape index (κ1) is 23.6. The quantitative estimate of drug-likeness (QED) is 0.274. The standard InChI is InChI=1S/C29H26N2O4/c1-20-8-10-21(11-9-20)28(30-22-12-16-24(34-2)17-13-22)31(23-14-18-25(35-3)19-15-23)29(33)26-6-4-5-7-27(26)32/h4-19,32H,1-3H3. The molecule has 4 rings (SSSR count). The van der Waals surface area contributed by atoms with Crippen LogP contribution in [0.25, 0.3) is 0 Å². The number of aromatic hydroxyl groups is 1. The Bertz CT molecular complexity index is 1330. The summed E-state index contributed by atoms with van der Waals surface area (Å²) < 4.78 is 10.6. The number of aliphatic imine (C=N–C) groups is 1. The van der Waals surface area contributed by atoms with Crippen molar-refractivity contribution < 1.29 is 19.4 Å². The van der Waals surface area contributed by atoms with Crippen LogP contribution in [0.1, 0.15) is 21.5 Å². The summed E-state index contributed by atoms with van der Waals surface area (Å²) >= 11 is 0. The van der Waals surface area contributed by atoms with E-state index in [4.69, 9.17) is 14.5 Å². The molecule has 0 bridgehead atoms. The molecule has 0 aliphatic heterocycles. The molecule has 6 heteroatoms. The summed E-state index contributed by atoms with van der Waals surface area (Å²) in [6.45, 7) is 2.00. The second-order valence-corrected chi connectivity index (χ2v) is 7.86. The number of aryl methyl sites for hydroxylation is 1. The minimum atomic E-state index is -0.416. The number of amidine groups is 1. The van der Waals surface area contributed by atoms with Gasteiger partial charge in [-0.15, -0.1) is 0 Å². The molecule has 6 nitrogen and oxygen atoms in total. The molecule has 0 atom stereocenters. The van der Waals surface area contributed by atoms with Crippen molar-refractivity contribution >= 4 is 23.1 Å². The fraction of sp³-hybridized carbons (Fsp3) is 0.103. The average molecular weight is 467 g/mol. The fourth-order valence-electron chi connectivity index (χ4n) is 3.57. The second kappa shape index (κ2) is 10.6. The van der Waals surface area contributed by atoms with Crippen LogP contribution in [0, 0.1) is 6.92 Å². The van der Waals surface area contributed by atoms with Crippen LogP contribution in [0.4, 0.5) is 11.4 Å². The summed E-state index contributed by atoms with van der Waals surface area (Å²) in [4.78, 5) is 20.3. The number of rotatable bonds is 6. The lowest BCUT2D eigenvalue weighted by Crippen LogP contribution is -2.37. The smallest absolute Gasteiger partial charge is 0.267 e. The molecule has 1 N–H and O–H groups in total. The molecule has 35 heavy (non-hydrogen) atoms. The lowest BCUT2D eigenvalue weighted by Gasteiger charge is -2.25. The largest absolute Gasteiger partial charge is 0.507 e. The highest BCUT2D eigenvalue weighted by Crippen LogP contribution is 2.28. The topological polar surface area (TPSA) is 71.4 Å². The van der Waals surface area contributed by atoms with Crippen molar-refractivity contribution in [1.29, 1.82) is 0 Å². The van der Waals surface area contributed by atoms with Crippen molar-refractivity contribution in [3.8, 4) is 17.2 Å². The fourth-order valence-corrected chi connectivity index (χ4v) is 3.57. The zero-order chi connectivity index (χ0) is 24.8. The van der Waals surface area contributed by atoms with Gasteiger partial charge in [0.25, 0.3) is 5.91 Å². The summed E-state index contributed by atoms with van der Waals surface area (Å²) in [5.74, 6) is 1.25. The minimum absolute atomic E-state index is 0.108. The Morgan fingerprint density at radius 3 is 1.91 bits per heavy atom. The van der Waals surface area contributed by atoms with Gasteiger partial charge < -0.3 is 14.6 Å². The number of carbonyl (C=O) groups is 1. The Morgan fingerprint density at radius 2 is 1.34 bits per heavy atom. The lowest BCUT2D eigenvalue weighted by molar-refractivity contribution is 0.1000. The summed E-state index contributed by atoms with van der Waals surface area (Å²) in [6, 6.07) is 28.7. The lowest BCUT2D eigenvalue weighted by atomic mass is 10.1. The zero-order valence-electron chi connectivity index (χ0n) is 19.8. The molecule has 0 aromatic heterocycles. The molecular formula is C29H26N2O4. The highest BCUT2D eigenvalue weighted by Gasteiger charge is 2.26. The number of methoxy groups -OCH3 is 2. The van der Waals surface area contributed by atoms with Gasteiger partial charge in [-0.3, -0.25) is 9.69 Å². The van der Waals surface area contributed by atoms with Gasteiger partial charge in [-0.25, -0.2) is 4.99 Å². The number of anilines is 1. The van der Waals surface area contributed by atoms with E-state index in [2.05, 4.69) is 0 Å². The van der Waals surface area contributed by atoms with Crippen LogP contribution in [-0.2, 0) is 0 Å². The van der Waals surface area contributed by atoms with Gasteiger partial charge in [0.1, 0.15) is 23.1 Å². The summed E-state index contributed by atoms with van der Waals surface area (Å²) in [5, 5.41) is 10.5. The van der Waals surface area contributed by atoms with E-state index >= 15 is 0 Å². The summed E-state index contributed by atoms with van der Waals surface area (Å²) in [6.07, 6.45) is 0. The molecule has 0 unspecified atom stereocenters. The van der Waals surface area contributed by atoms with E-state index in [1.54, 1.807) is 56.7 Å². The number of nitrogens with zero attached hydrogens (tertiary/aromatic N) is 2. The number of benzene rings is 4. The van der Waals surface area contributed by atoms with Crippen molar-refractivity contribution in [2.45, 2.75) is 6.92 Å². The predicted octanol–water partition coefficient (Wildman–Crippen LogP) is 6.14. The maximum Gasteiger partial charge on any atom is 0.267 e. The second-order valence-electron chi connectivity index (χ2n) is 7.86. The molecule has 0 heterocycles. The third-order valence-electron chi connectivity index (χ3n) is 5.50. The van der Waals surface area contributed by atoms with Gasteiger partial charge in [-0.05, 0) is 67.6 Å². The maximum absolute atomic E-state index is 13.9. The van der Waals surface area contributed by atoms with E-state index < -0.39 is 5.91 Å². The predicted molar refractivity (Wildman–Crippen MR) is 138 cm³/mol. The van der Waals surface area contributed by atoms with E-state index in [-0.39, 0.29) is 11.3 Å². The molecule has 176 valence electrons. The van der Waals surface area contributed by atoms with Crippen molar-refractivity contribution in [3.05, 3.63) is 114 Å². The van der Waals surface area contributed by atoms with Crippen molar-refractivity contribution in [1.82, 2.24) is 0 Å². The van der Waals surface area contributed by atoms with Crippen LogP contribution < -0.4 is 14.4 Å². The van der Waals surface area contributed by atoms with E-state index in [0.29, 0.717) is 28.7 Å². The number of phenols is 1. The molecule has 0 radical (unpaired) electrons. The van der Waals surface area contributed by atoms with Gasteiger partial charge >= 0.3 is 0 Å². The number of carbonyl (C=O) groups excluding carboxylic acids is 1. The van der Waals surface area contributed by atoms with E-state index in [1.165, 1.54) is 11.0 Å². The Morgan fingerprint density at radius 1 is 0.771 bits per heavy atom. The van der Waals surface area contributed by atoms with E-state index in [1.807, 2.05) is 55.5 Å². The molecule has 0 aliphatic rings. The first-order valence-corrected chi connectivity index (χ1v) is 11.1. The molecule has 4 aromatic rings. The highest BCUT2D eigenvalue weighted by molar-refractivity contribution is 6.28. The van der Waals surface area contributed by atoms with Crippen LogP contribution in [0.15, 0.2) is 102 Å². The Balaban J connectivity index is 1.93. The highest BCUT2D eigenvalue weighted by atomic mass is 16.5. The van der Waals surface area contributed by atoms with Crippen LogP contribution in [-0.4, -0.2) is 31.1 Å². The number of amides is 1. The van der Waals surface area contributed by atoms with Crippen molar-refractivity contribution in [2.75, 3.05) is 19.1 Å². The van der Waals surface area contributed by atoms with Gasteiger partial charge in [0.15, 0.2) is 0 Å². The molecular weight excluding hydrogens is 440 g/mol. The monoisotopic (exact) mass is 466 g/mol. The maximum atomic E-state index is 13.9. The van der Waals surface area contributed by atoms with Crippen LogP contribution >= 0.6 is 0 Å². The number of para-hydroxylation sites is 1. The first-order valence-electron chi connectivity index (χ1n) is 11.1. The van der Waals surface area contributed by atoms with Crippen LogP contribution in [0.5, 0.6) is 17.2 Å². The van der Waals surface area contributed by atoms with E-state index in [0.717, 1.165) is 11.1 Å². The molecule has 1 amide bonds. The summed E-state index contributed by atoms with van der Waals surface area (Å²) in [5.41, 5.74) is 3.21.